The fourth-order valence-corrected chi connectivity index (χ4v) is 3.18. The maximum atomic E-state index is 11.8. The van der Waals surface area contributed by atoms with Crippen LogP contribution in [-0.4, -0.2) is 11.1 Å². The van der Waals surface area contributed by atoms with Crippen LogP contribution in [0.25, 0.3) is 0 Å². The molecule has 5 nitrogen and oxygen atoms in total. The minimum absolute atomic E-state index is 0.222. The van der Waals surface area contributed by atoms with Crippen molar-refractivity contribution in [3.8, 4) is 0 Å². The number of carbonyl (C=O) groups is 1. The van der Waals surface area contributed by atoms with Crippen molar-refractivity contribution in [1.29, 1.82) is 0 Å². The molecule has 0 radical (unpaired) electrons. The fraction of sp³-hybridized carbons (Fsp3) is 0.167. The Labute approximate surface area is 143 Å². The van der Waals surface area contributed by atoms with Gasteiger partial charge in [0.2, 0.25) is 0 Å². The minimum Gasteiger partial charge on any atom is -0.466 e. The first-order valence-corrected chi connectivity index (χ1v) is 8.40. The summed E-state index contributed by atoms with van der Waals surface area (Å²) in [5.74, 6) is 0.511. The molecule has 0 saturated heterocycles. The van der Waals surface area contributed by atoms with Gasteiger partial charge in [0.25, 0.3) is 0 Å². The molecule has 2 amide bonds. The van der Waals surface area contributed by atoms with Gasteiger partial charge in [-0.25, -0.2) is 4.79 Å². The second kappa shape index (κ2) is 7.81. The molecule has 3 rings (SSSR count). The number of nitrogens with one attached hydrogen (secondary N) is 2. The number of rotatable bonds is 6. The van der Waals surface area contributed by atoms with Gasteiger partial charge in [-0.3, -0.25) is 0 Å². The van der Waals surface area contributed by atoms with E-state index in [4.69, 9.17) is 4.42 Å². The molecule has 0 aliphatic heterocycles. The smallest absolute Gasteiger partial charge is 0.315 e. The van der Waals surface area contributed by atoms with Crippen LogP contribution >= 0.6 is 11.3 Å². The summed E-state index contributed by atoms with van der Waals surface area (Å²) in [5, 5.41) is 15.8. The Morgan fingerprint density at radius 3 is 2.58 bits per heavy atom. The Balaban J connectivity index is 1.47. The molecule has 0 aliphatic carbocycles. The van der Waals surface area contributed by atoms with E-state index < -0.39 is 6.10 Å². The molecule has 2 aromatic heterocycles. The average molecular weight is 342 g/mol. The van der Waals surface area contributed by atoms with E-state index in [1.165, 1.54) is 17.6 Å². The third kappa shape index (κ3) is 4.24. The molecule has 0 saturated carbocycles. The van der Waals surface area contributed by atoms with E-state index in [1.54, 1.807) is 12.1 Å². The van der Waals surface area contributed by atoms with Gasteiger partial charge in [0.05, 0.1) is 12.8 Å². The second-order valence-corrected chi connectivity index (χ2v) is 6.44. The zero-order valence-corrected chi connectivity index (χ0v) is 13.8. The molecule has 24 heavy (non-hydrogen) atoms. The highest BCUT2D eigenvalue weighted by atomic mass is 32.1. The highest BCUT2D eigenvalue weighted by Gasteiger charge is 2.15. The molecule has 2 heterocycles. The van der Waals surface area contributed by atoms with Crippen LogP contribution in [-0.2, 0) is 13.1 Å². The summed E-state index contributed by atoms with van der Waals surface area (Å²) in [6.07, 6.45) is 0.761. The molecule has 3 aromatic rings. The van der Waals surface area contributed by atoms with Crippen LogP contribution in [0.3, 0.4) is 0 Å². The number of hydrogen-bond acceptors (Lipinski definition) is 4. The van der Waals surface area contributed by atoms with Crippen molar-refractivity contribution in [2.24, 2.45) is 0 Å². The second-order valence-electron chi connectivity index (χ2n) is 5.24. The van der Waals surface area contributed by atoms with E-state index in [1.807, 2.05) is 42.5 Å². The van der Waals surface area contributed by atoms with Gasteiger partial charge in [-0.2, -0.15) is 0 Å². The normalized spacial score (nSPS) is 11.9. The zero-order valence-electron chi connectivity index (χ0n) is 12.9. The maximum absolute atomic E-state index is 11.8. The van der Waals surface area contributed by atoms with Gasteiger partial charge >= 0.3 is 6.03 Å². The van der Waals surface area contributed by atoms with Gasteiger partial charge in [0, 0.05) is 16.3 Å². The number of carbonyl (C=O) groups excluding carboxylic acids is 1. The van der Waals surface area contributed by atoms with Crippen molar-refractivity contribution in [1.82, 2.24) is 10.6 Å². The van der Waals surface area contributed by atoms with Crippen LogP contribution in [0, 0.1) is 0 Å². The molecule has 3 N–H and O–H groups in total. The SMILES string of the molecule is O=C(NCc1ccccc1)NCc1ccc([C@@H](O)c2ccco2)s1. The van der Waals surface area contributed by atoms with Gasteiger partial charge in [-0.1, -0.05) is 30.3 Å². The van der Waals surface area contributed by atoms with Crippen LogP contribution in [0.2, 0.25) is 0 Å². The highest BCUT2D eigenvalue weighted by molar-refractivity contribution is 7.12. The van der Waals surface area contributed by atoms with Crippen molar-refractivity contribution in [2.45, 2.75) is 19.2 Å². The molecule has 0 bridgehead atoms. The lowest BCUT2D eigenvalue weighted by Gasteiger charge is -2.07. The van der Waals surface area contributed by atoms with Gasteiger partial charge in [0.1, 0.15) is 11.9 Å². The molecule has 1 atom stereocenters. The molecule has 6 heteroatoms. The molecule has 0 aliphatic rings. The molecule has 1 aromatic carbocycles. The van der Waals surface area contributed by atoms with Crippen LogP contribution in [0.4, 0.5) is 4.79 Å². The van der Waals surface area contributed by atoms with Crippen LogP contribution in [0.1, 0.15) is 27.2 Å². The third-order valence-corrected chi connectivity index (χ3v) is 4.62. The Hall–Kier alpha value is -2.57. The molecular formula is C18H18N2O3S. The number of hydrogen-bond donors (Lipinski definition) is 3. The van der Waals surface area contributed by atoms with Gasteiger partial charge < -0.3 is 20.2 Å². The standard InChI is InChI=1S/C18H18N2O3S/c21-17(15-7-4-10-23-15)16-9-8-14(24-16)12-20-18(22)19-11-13-5-2-1-3-6-13/h1-10,17,21H,11-12H2,(H2,19,20,22)/t17-/m0/s1. The molecular weight excluding hydrogens is 324 g/mol. The Bertz CT molecular complexity index is 769. The highest BCUT2D eigenvalue weighted by Crippen LogP contribution is 2.28. The van der Waals surface area contributed by atoms with Crippen molar-refractivity contribution in [3.63, 3.8) is 0 Å². The topological polar surface area (TPSA) is 74.5 Å². The molecule has 0 unspecified atom stereocenters. The first kappa shape index (κ1) is 16.3. The number of urea groups is 1. The van der Waals surface area contributed by atoms with Gasteiger partial charge in [-0.15, -0.1) is 11.3 Å². The van der Waals surface area contributed by atoms with Crippen LogP contribution in [0.5, 0.6) is 0 Å². The largest absolute Gasteiger partial charge is 0.466 e. The lowest BCUT2D eigenvalue weighted by Crippen LogP contribution is -2.34. The predicted molar refractivity (Wildman–Crippen MR) is 92.6 cm³/mol. The van der Waals surface area contributed by atoms with E-state index in [0.29, 0.717) is 18.8 Å². The fourth-order valence-electron chi connectivity index (χ4n) is 2.23. The summed E-state index contributed by atoms with van der Waals surface area (Å²) in [6.45, 7) is 0.899. The Morgan fingerprint density at radius 1 is 1.04 bits per heavy atom. The Kier molecular flexibility index (Phi) is 5.30. The van der Waals surface area contributed by atoms with E-state index in [0.717, 1.165) is 15.3 Å². The van der Waals surface area contributed by atoms with Crippen LogP contribution < -0.4 is 10.6 Å². The average Bonchev–Trinajstić information content (AvgIpc) is 3.30. The van der Waals surface area contributed by atoms with E-state index in [2.05, 4.69) is 10.6 Å². The third-order valence-electron chi connectivity index (χ3n) is 3.48. The van der Waals surface area contributed by atoms with Crippen molar-refractivity contribution >= 4 is 17.4 Å². The van der Waals surface area contributed by atoms with Crippen molar-refractivity contribution < 1.29 is 14.3 Å². The predicted octanol–water partition coefficient (Wildman–Crippen LogP) is 3.42. The number of aliphatic hydroxyl groups excluding tert-OH is 1. The lowest BCUT2D eigenvalue weighted by molar-refractivity contribution is 0.193. The number of thiophene rings is 1. The number of amides is 2. The summed E-state index contributed by atoms with van der Waals surface area (Å²) in [4.78, 5) is 13.6. The van der Waals surface area contributed by atoms with Crippen molar-refractivity contribution in [2.75, 3.05) is 0 Å². The number of furan rings is 1. The lowest BCUT2D eigenvalue weighted by atomic mass is 10.2. The summed E-state index contributed by atoms with van der Waals surface area (Å²) in [6, 6.07) is 16.7. The molecule has 124 valence electrons. The summed E-state index contributed by atoms with van der Waals surface area (Å²) < 4.78 is 5.21. The van der Waals surface area contributed by atoms with E-state index >= 15 is 0 Å². The maximum Gasteiger partial charge on any atom is 0.315 e. The van der Waals surface area contributed by atoms with Crippen LogP contribution in [0.15, 0.2) is 65.3 Å². The summed E-state index contributed by atoms with van der Waals surface area (Å²) in [7, 11) is 0. The first-order valence-electron chi connectivity index (χ1n) is 7.58. The quantitative estimate of drug-likeness (QED) is 0.642. The first-order chi connectivity index (χ1) is 11.7. The van der Waals surface area contributed by atoms with E-state index in [9.17, 15) is 9.90 Å². The van der Waals surface area contributed by atoms with Crippen molar-refractivity contribution in [3.05, 3.63) is 81.9 Å². The molecule has 0 fully saturated rings. The summed E-state index contributed by atoms with van der Waals surface area (Å²) in [5.41, 5.74) is 1.05. The van der Waals surface area contributed by atoms with Gasteiger partial charge in [-0.05, 0) is 29.8 Å². The minimum atomic E-state index is -0.773. The Morgan fingerprint density at radius 2 is 1.83 bits per heavy atom. The number of aliphatic hydroxyl groups is 1. The summed E-state index contributed by atoms with van der Waals surface area (Å²) >= 11 is 1.44. The monoisotopic (exact) mass is 342 g/mol. The van der Waals surface area contributed by atoms with Gasteiger partial charge in [0.15, 0.2) is 0 Å². The zero-order chi connectivity index (χ0) is 16.8. The molecule has 0 spiro atoms. The number of benzene rings is 1. The van der Waals surface area contributed by atoms with E-state index in [-0.39, 0.29) is 6.03 Å².